The van der Waals surface area contributed by atoms with Gasteiger partial charge < -0.3 is 4.74 Å². The van der Waals surface area contributed by atoms with E-state index in [1.807, 2.05) is 48.5 Å². The van der Waals surface area contributed by atoms with Crippen molar-refractivity contribution < 1.29 is 9.53 Å². The molecule has 0 amide bonds. The lowest BCUT2D eigenvalue weighted by atomic mass is 9.72. The largest absolute Gasteiger partial charge is 0.485 e. The summed E-state index contributed by atoms with van der Waals surface area (Å²) in [6, 6.07) is 22.3. The van der Waals surface area contributed by atoms with Crippen LogP contribution in [0.5, 0.6) is 0 Å². The van der Waals surface area contributed by atoms with Gasteiger partial charge in [-0.3, -0.25) is 4.79 Å². The average molecular weight is 343 g/mol. The number of allylic oxidation sites excluding steroid dienone is 1. The van der Waals surface area contributed by atoms with Gasteiger partial charge in [-0.05, 0) is 24.8 Å². The van der Waals surface area contributed by atoms with Crippen molar-refractivity contribution in [3.8, 4) is 6.07 Å². The predicted octanol–water partition coefficient (Wildman–Crippen LogP) is 5.01. The van der Waals surface area contributed by atoms with Crippen molar-refractivity contribution in [3.05, 3.63) is 77.4 Å². The summed E-state index contributed by atoms with van der Waals surface area (Å²) < 4.78 is 6.46. The summed E-state index contributed by atoms with van der Waals surface area (Å²) in [6.07, 6.45) is 3.46. The van der Waals surface area contributed by atoms with Crippen LogP contribution in [-0.2, 0) is 9.53 Å². The van der Waals surface area contributed by atoms with Crippen LogP contribution in [0.15, 0.2) is 66.2 Å². The number of ketones is 1. The molecule has 1 saturated carbocycles. The van der Waals surface area contributed by atoms with E-state index in [9.17, 15) is 10.1 Å². The van der Waals surface area contributed by atoms with Gasteiger partial charge in [0.25, 0.3) is 0 Å². The summed E-state index contributed by atoms with van der Waals surface area (Å²) >= 11 is 0. The van der Waals surface area contributed by atoms with E-state index in [4.69, 9.17) is 4.74 Å². The summed E-state index contributed by atoms with van der Waals surface area (Å²) in [4.78, 5) is 12.2. The maximum Gasteiger partial charge on any atom is 0.141 e. The quantitative estimate of drug-likeness (QED) is 0.770. The monoisotopic (exact) mass is 343 g/mol. The Morgan fingerprint density at radius 1 is 1.04 bits per heavy atom. The van der Waals surface area contributed by atoms with Crippen LogP contribution in [0.25, 0.3) is 5.76 Å². The van der Waals surface area contributed by atoms with Gasteiger partial charge in [-0.1, -0.05) is 60.7 Å². The second-order valence-corrected chi connectivity index (χ2v) is 7.24. The molecule has 0 saturated heterocycles. The van der Waals surface area contributed by atoms with Crippen molar-refractivity contribution in [3.63, 3.8) is 0 Å². The first-order valence-corrected chi connectivity index (χ1v) is 9.16. The molecule has 0 bridgehead atoms. The molecule has 0 unspecified atom stereocenters. The Morgan fingerprint density at radius 3 is 2.38 bits per heavy atom. The molecule has 1 heterocycles. The number of ether oxygens (including phenoxy) is 1. The number of carbonyl (C=O) groups is 1. The number of nitrogens with zero attached hydrogens (tertiary/aromatic N) is 1. The van der Waals surface area contributed by atoms with Crippen molar-refractivity contribution in [1.29, 1.82) is 5.26 Å². The highest BCUT2D eigenvalue weighted by Crippen LogP contribution is 2.49. The van der Waals surface area contributed by atoms with Gasteiger partial charge in [0.2, 0.25) is 0 Å². The molecule has 1 aliphatic heterocycles. The Hall–Kier alpha value is -2.86. The molecule has 2 aromatic rings. The molecule has 3 nitrogen and oxygen atoms in total. The Bertz CT molecular complexity index is 879. The summed E-state index contributed by atoms with van der Waals surface area (Å²) in [6.45, 7) is 0. The maximum atomic E-state index is 12.2. The minimum atomic E-state index is -0.499. The number of carbonyl (C=O) groups excluding carboxylic acids is 1. The molecule has 1 fully saturated rings. The third-order valence-electron chi connectivity index (χ3n) is 5.45. The highest BCUT2D eigenvalue weighted by atomic mass is 16.5. The number of hydrogen-bond donors (Lipinski definition) is 0. The summed E-state index contributed by atoms with van der Waals surface area (Å²) in [5, 5.41) is 9.94. The van der Waals surface area contributed by atoms with E-state index < -0.39 is 5.60 Å². The second-order valence-electron chi connectivity index (χ2n) is 7.24. The number of benzene rings is 2. The molecule has 26 heavy (non-hydrogen) atoms. The Morgan fingerprint density at radius 2 is 1.73 bits per heavy atom. The van der Waals surface area contributed by atoms with Crippen LogP contribution in [0.2, 0.25) is 0 Å². The van der Waals surface area contributed by atoms with Crippen molar-refractivity contribution >= 4 is 11.5 Å². The predicted molar refractivity (Wildman–Crippen MR) is 100 cm³/mol. The minimum Gasteiger partial charge on any atom is -0.485 e. The van der Waals surface area contributed by atoms with E-state index in [0.29, 0.717) is 30.6 Å². The lowest BCUT2D eigenvalue weighted by molar-refractivity contribution is -0.128. The Kier molecular flexibility index (Phi) is 4.34. The molecule has 3 heteroatoms. The van der Waals surface area contributed by atoms with Crippen LogP contribution in [0.3, 0.4) is 0 Å². The SMILES string of the molecule is N#CC1=C(c2ccccc2)O[C@]2(CCCC(=O)C2)C[C@@H]1c1ccccc1. The van der Waals surface area contributed by atoms with Gasteiger partial charge in [-0.2, -0.15) is 5.26 Å². The van der Waals surface area contributed by atoms with Crippen LogP contribution in [0, 0.1) is 11.3 Å². The first kappa shape index (κ1) is 16.6. The van der Waals surface area contributed by atoms with Crippen LogP contribution in [-0.4, -0.2) is 11.4 Å². The zero-order valence-corrected chi connectivity index (χ0v) is 14.7. The Labute approximate surface area is 153 Å². The fourth-order valence-electron chi connectivity index (χ4n) is 4.25. The van der Waals surface area contributed by atoms with E-state index in [-0.39, 0.29) is 11.7 Å². The average Bonchev–Trinajstić information content (AvgIpc) is 2.68. The highest BCUT2D eigenvalue weighted by Gasteiger charge is 2.45. The molecule has 0 aromatic heterocycles. The smallest absolute Gasteiger partial charge is 0.141 e. The molecule has 1 spiro atoms. The maximum absolute atomic E-state index is 12.2. The van der Waals surface area contributed by atoms with E-state index in [1.165, 1.54) is 0 Å². The van der Waals surface area contributed by atoms with Crippen molar-refractivity contribution in [1.82, 2.24) is 0 Å². The summed E-state index contributed by atoms with van der Waals surface area (Å²) in [5.74, 6) is 0.856. The molecule has 2 atom stereocenters. The van der Waals surface area contributed by atoms with Gasteiger partial charge >= 0.3 is 0 Å². The van der Waals surface area contributed by atoms with E-state index in [1.54, 1.807) is 0 Å². The van der Waals surface area contributed by atoms with Gasteiger partial charge in [0, 0.05) is 24.3 Å². The summed E-state index contributed by atoms with van der Waals surface area (Å²) in [5.41, 5.74) is 2.17. The molecule has 0 N–H and O–H groups in total. The number of hydrogen-bond acceptors (Lipinski definition) is 3. The zero-order chi connectivity index (χ0) is 18.0. The fraction of sp³-hybridized carbons (Fsp3) is 0.304. The van der Waals surface area contributed by atoms with E-state index in [0.717, 1.165) is 24.0 Å². The fourth-order valence-corrected chi connectivity index (χ4v) is 4.25. The van der Waals surface area contributed by atoms with Crippen LogP contribution in [0.4, 0.5) is 0 Å². The second kappa shape index (κ2) is 6.80. The van der Waals surface area contributed by atoms with E-state index >= 15 is 0 Å². The number of nitriles is 1. The molecular weight excluding hydrogens is 322 g/mol. The topological polar surface area (TPSA) is 50.1 Å². The van der Waals surface area contributed by atoms with Gasteiger partial charge in [0.15, 0.2) is 0 Å². The lowest BCUT2D eigenvalue weighted by Gasteiger charge is -2.44. The van der Waals surface area contributed by atoms with Crippen LogP contribution >= 0.6 is 0 Å². The molecule has 2 aliphatic rings. The highest BCUT2D eigenvalue weighted by molar-refractivity contribution is 5.81. The Balaban J connectivity index is 1.86. The van der Waals surface area contributed by atoms with Crippen molar-refractivity contribution in [2.45, 2.75) is 43.6 Å². The van der Waals surface area contributed by atoms with Crippen molar-refractivity contribution in [2.75, 3.05) is 0 Å². The third kappa shape index (κ3) is 3.04. The molecular formula is C23H21NO2. The minimum absolute atomic E-state index is 0.0453. The van der Waals surface area contributed by atoms with Gasteiger partial charge in [0.05, 0.1) is 11.6 Å². The van der Waals surface area contributed by atoms with Gasteiger partial charge in [-0.25, -0.2) is 0 Å². The first-order chi connectivity index (χ1) is 12.7. The van der Waals surface area contributed by atoms with E-state index in [2.05, 4.69) is 18.2 Å². The first-order valence-electron chi connectivity index (χ1n) is 9.16. The molecule has 4 rings (SSSR count). The molecule has 1 aliphatic carbocycles. The van der Waals surface area contributed by atoms with Crippen molar-refractivity contribution in [2.24, 2.45) is 0 Å². The molecule has 130 valence electrons. The van der Waals surface area contributed by atoms with Gasteiger partial charge in [-0.15, -0.1) is 0 Å². The number of rotatable bonds is 2. The molecule has 2 aromatic carbocycles. The zero-order valence-electron chi connectivity index (χ0n) is 14.7. The normalized spacial score (nSPS) is 25.7. The third-order valence-corrected chi connectivity index (χ3v) is 5.45. The molecule has 0 radical (unpaired) electrons. The van der Waals surface area contributed by atoms with Crippen LogP contribution < -0.4 is 0 Å². The van der Waals surface area contributed by atoms with Crippen LogP contribution in [0.1, 0.15) is 49.1 Å². The number of Topliss-reactive ketones (excluding diaryl/α,β-unsaturated/α-hetero) is 1. The van der Waals surface area contributed by atoms with Gasteiger partial charge in [0.1, 0.15) is 17.1 Å². The summed E-state index contributed by atoms with van der Waals surface area (Å²) in [7, 11) is 0. The standard InChI is InChI=1S/C23H21NO2/c24-16-21-20(17-8-3-1-4-9-17)15-23(13-7-12-19(25)14-23)26-22(21)18-10-5-2-6-11-18/h1-6,8-11,20H,7,12-15H2/t20-,23+/m1/s1. The lowest BCUT2D eigenvalue weighted by Crippen LogP contribution is -2.42.